The molecule has 2 aliphatic heterocycles. The van der Waals surface area contributed by atoms with E-state index in [4.69, 9.17) is 4.74 Å². The molecule has 0 N–H and O–H groups in total. The molecule has 0 radical (unpaired) electrons. The Balaban J connectivity index is 1.86. The Morgan fingerprint density at radius 2 is 1.83 bits per heavy atom. The van der Waals surface area contributed by atoms with E-state index >= 15 is 0 Å². The third-order valence-electron chi connectivity index (χ3n) is 5.30. The van der Waals surface area contributed by atoms with E-state index in [1.54, 1.807) is 23.1 Å². The van der Waals surface area contributed by atoms with Gasteiger partial charge in [-0.1, -0.05) is 18.2 Å². The van der Waals surface area contributed by atoms with Gasteiger partial charge in [-0.15, -0.1) is 0 Å². The number of morpholine rings is 1. The zero-order valence-electron chi connectivity index (χ0n) is 15.6. The fourth-order valence-corrected chi connectivity index (χ4v) is 3.60. The van der Waals surface area contributed by atoms with Crippen molar-refractivity contribution in [3.05, 3.63) is 52.3 Å². The number of benzene rings is 1. The summed E-state index contributed by atoms with van der Waals surface area (Å²) in [5, 5.41) is 0. The lowest BCUT2D eigenvalue weighted by molar-refractivity contribution is -0.180. The van der Waals surface area contributed by atoms with Gasteiger partial charge in [0.05, 0.1) is 19.8 Å². The molecule has 1 amide bonds. The number of hydrogen-bond acceptors (Lipinski definition) is 5. The third-order valence-corrected chi connectivity index (χ3v) is 5.30. The number of carbonyl (C=O) groups excluding carboxylic acids is 1. The Hall–Kier alpha value is -2.88. The van der Waals surface area contributed by atoms with Crippen molar-refractivity contribution in [3.63, 3.8) is 0 Å². The zero-order chi connectivity index (χ0) is 20.8. The molecule has 1 aromatic heterocycles. The number of carbonyl (C=O) groups is 1. The molecule has 3 heterocycles. The molecule has 29 heavy (non-hydrogen) atoms. The van der Waals surface area contributed by atoms with Crippen LogP contribution in [0, 0.1) is 0 Å². The largest absolute Gasteiger partial charge is 0.413 e. The molecule has 1 atom stereocenters. The summed E-state index contributed by atoms with van der Waals surface area (Å²) in [4.78, 5) is 32.4. The van der Waals surface area contributed by atoms with Gasteiger partial charge in [-0.25, -0.2) is 0 Å². The van der Waals surface area contributed by atoms with Gasteiger partial charge in [0.2, 0.25) is 5.95 Å². The predicted molar refractivity (Wildman–Crippen MR) is 99.2 cm³/mol. The molecule has 1 fully saturated rings. The van der Waals surface area contributed by atoms with Crippen molar-refractivity contribution in [1.29, 1.82) is 0 Å². The van der Waals surface area contributed by atoms with E-state index in [-0.39, 0.29) is 17.3 Å². The van der Waals surface area contributed by atoms with Crippen molar-refractivity contribution in [2.45, 2.75) is 25.2 Å². The third kappa shape index (κ3) is 3.17. The van der Waals surface area contributed by atoms with E-state index in [1.165, 1.54) is 18.2 Å². The Kier molecular flexibility index (Phi) is 4.60. The summed E-state index contributed by atoms with van der Waals surface area (Å²) in [6, 6.07) is 8.88. The standard InChI is InChI=1S/C19H19F3N4O3/c1-18(19(20,21)22)12-25-15(27)11-14(24-7-9-29-10-8-24)23-17(25)26(18)16(28)13-5-3-2-4-6-13/h2-6,11H,7-10,12H2,1H3. The number of amides is 1. The number of halogens is 3. The van der Waals surface area contributed by atoms with Gasteiger partial charge in [0.1, 0.15) is 5.82 Å². The molecule has 1 unspecified atom stereocenters. The topological polar surface area (TPSA) is 67.7 Å². The minimum absolute atomic E-state index is 0.0856. The van der Waals surface area contributed by atoms with Crippen LogP contribution in [0.15, 0.2) is 41.2 Å². The van der Waals surface area contributed by atoms with Gasteiger partial charge in [-0.05, 0) is 19.1 Å². The molecule has 0 bridgehead atoms. The highest BCUT2D eigenvalue weighted by atomic mass is 19.4. The van der Waals surface area contributed by atoms with Gasteiger partial charge < -0.3 is 9.64 Å². The summed E-state index contributed by atoms with van der Waals surface area (Å²) in [5.74, 6) is -0.919. The second-order valence-electron chi connectivity index (χ2n) is 7.22. The molecule has 1 aromatic carbocycles. The van der Waals surface area contributed by atoms with E-state index in [9.17, 15) is 22.8 Å². The summed E-state index contributed by atoms with van der Waals surface area (Å²) >= 11 is 0. The van der Waals surface area contributed by atoms with E-state index < -0.39 is 29.7 Å². The Bertz CT molecular complexity index is 986. The molecular formula is C19H19F3N4O3. The van der Waals surface area contributed by atoms with Crippen LogP contribution in [-0.4, -0.2) is 53.5 Å². The fourth-order valence-electron chi connectivity index (χ4n) is 3.60. The highest BCUT2D eigenvalue weighted by Gasteiger charge is 2.62. The van der Waals surface area contributed by atoms with Crippen molar-refractivity contribution < 1.29 is 22.7 Å². The number of rotatable bonds is 2. The lowest BCUT2D eigenvalue weighted by Gasteiger charge is -2.35. The minimum Gasteiger partial charge on any atom is -0.378 e. The van der Waals surface area contributed by atoms with Crippen molar-refractivity contribution >= 4 is 17.7 Å². The molecule has 2 aromatic rings. The van der Waals surface area contributed by atoms with Gasteiger partial charge in [-0.3, -0.25) is 19.1 Å². The first kappa shape index (κ1) is 19.4. The van der Waals surface area contributed by atoms with Gasteiger partial charge in [-0.2, -0.15) is 18.2 Å². The molecule has 0 saturated carbocycles. The average molecular weight is 408 g/mol. The van der Waals surface area contributed by atoms with Crippen molar-refractivity contribution in [2.75, 3.05) is 36.1 Å². The molecule has 154 valence electrons. The summed E-state index contributed by atoms with van der Waals surface area (Å²) in [7, 11) is 0. The molecule has 2 aliphatic rings. The Morgan fingerprint density at radius 1 is 1.17 bits per heavy atom. The molecule has 4 rings (SSSR count). The Morgan fingerprint density at radius 3 is 2.45 bits per heavy atom. The maximum absolute atomic E-state index is 14.1. The van der Waals surface area contributed by atoms with Crippen LogP contribution < -0.4 is 15.4 Å². The van der Waals surface area contributed by atoms with Crippen LogP contribution in [0.2, 0.25) is 0 Å². The monoisotopic (exact) mass is 408 g/mol. The van der Waals surface area contributed by atoms with Gasteiger partial charge >= 0.3 is 6.18 Å². The van der Waals surface area contributed by atoms with Crippen molar-refractivity contribution in [1.82, 2.24) is 9.55 Å². The first-order chi connectivity index (χ1) is 13.7. The van der Waals surface area contributed by atoms with Crippen LogP contribution in [0.4, 0.5) is 24.9 Å². The van der Waals surface area contributed by atoms with Crippen LogP contribution in [0.1, 0.15) is 17.3 Å². The number of aromatic nitrogens is 2. The van der Waals surface area contributed by atoms with Gasteiger partial charge in [0.15, 0.2) is 5.54 Å². The first-order valence-corrected chi connectivity index (χ1v) is 9.13. The van der Waals surface area contributed by atoms with Crippen LogP contribution in [0.5, 0.6) is 0 Å². The SMILES string of the molecule is CC1(C(F)(F)F)Cn2c(nc(N3CCOCC3)cc2=O)N1C(=O)c1ccccc1. The van der Waals surface area contributed by atoms with Gasteiger partial charge in [0.25, 0.3) is 11.5 Å². The van der Waals surface area contributed by atoms with Gasteiger partial charge in [0, 0.05) is 24.7 Å². The molecular weight excluding hydrogens is 389 g/mol. The minimum atomic E-state index is -4.77. The quantitative estimate of drug-likeness (QED) is 0.761. The first-order valence-electron chi connectivity index (χ1n) is 9.13. The van der Waals surface area contributed by atoms with Crippen LogP contribution in [0.3, 0.4) is 0 Å². The van der Waals surface area contributed by atoms with E-state index in [1.807, 2.05) is 0 Å². The Labute approximate surface area is 164 Å². The number of nitrogens with zero attached hydrogens (tertiary/aromatic N) is 4. The summed E-state index contributed by atoms with van der Waals surface area (Å²) < 4.78 is 48.4. The van der Waals surface area contributed by atoms with E-state index in [0.29, 0.717) is 31.2 Å². The van der Waals surface area contributed by atoms with Crippen LogP contribution in [0.25, 0.3) is 0 Å². The molecule has 1 saturated heterocycles. The molecule has 0 aliphatic carbocycles. The fraction of sp³-hybridized carbons (Fsp3) is 0.421. The van der Waals surface area contributed by atoms with E-state index in [0.717, 1.165) is 11.5 Å². The summed E-state index contributed by atoms with van der Waals surface area (Å²) in [6.07, 6.45) is -4.77. The lowest BCUT2D eigenvalue weighted by atomic mass is 9.99. The number of anilines is 2. The maximum atomic E-state index is 14.1. The number of ether oxygens (including phenoxy) is 1. The van der Waals surface area contributed by atoms with Crippen molar-refractivity contribution in [3.8, 4) is 0 Å². The second-order valence-corrected chi connectivity index (χ2v) is 7.22. The van der Waals surface area contributed by atoms with Crippen LogP contribution in [-0.2, 0) is 11.3 Å². The normalized spacial score (nSPS) is 21.9. The summed E-state index contributed by atoms with van der Waals surface area (Å²) in [6.45, 7) is 1.97. The molecule has 10 heteroatoms. The zero-order valence-corrected chi connectivity index (χ0v) is 15.6. The number of fused-ring (bicyclic) bond motifs is 1. The summed E-state index contributed by atoms with van der Waals surface area (Å²) in [5.41, 5.74) is -3.14. The molecule has 0 spiro atoms. The number of hydrogen-bond donors (Lipinski definition) is 0. The molecule has 7 nitrogen and oxygen atoms in total. The average Bonchev–Trinajstić information content (AvgIpc) is 3.03. The smallest absolute Gasteiger partial charge is 0.378 e. The van der Waals surface area contributed by atoms with E-state index in [2.05, 4.69) is 4.98 Å². The van der Waals surface area contributed by atoms with Crippen LogP contribution >= 0.6 is 0 Å². The number of alkyl halides is 3. The maximum Gasteiger partial charge on any atom is 0.413 e. The second kappa shape index (κ2) is 6.87. The highest BCUT2D eigenvalue weighted by molar-refractivity contribution is 6.06. The predicted octanol–water partition coefficient (Wildman–Crippen LogP) is 2.06. The lowest BCUT2D eigenvalue weighted by Crippen LogP contribution is -2.58. The van der Waals surface area contributed by atoms with Crippen molar-refractivity contribution in [2.24, 2.45) is 0 Å². The highest BCUT2D eigenvalue weighted by Crippen LogP contribution is 2.44.